The van der Waals surface area contributed by atoms with Crippen LogP contribution in [0.1, 0.15) is 33.1 Å². The Morgan fingerprint density at radius 3 is 2.00 bits per heavy atom. The Kier molecular flexibility index (Phi) is 5.59. The second kappa shape index (κ2) is 6.16. The lowest BCUT2D eigenvalue weighted by Crippen LogP contribution is -2.20. The van der Waals surface area contributed by atoms with Crippen molar-refractivity contribution in [1.29, 1.82) is 0 Å². The van der Waals surface area contributed by atoms with Gasteiger partial charge in [-0.2, -0.15) is 0 Å². The van der Waals surface area contributed by atoms with E-state index in [4.69, 9.17) is 10.2 Å². The van der Waals surface area contributed by atoms with Gasteiger partial charge < -0.3 is 10.2 Å². The van der Waals surface area contributed by atoms with Crippen molar-refractivity contribution in [1.82, 2.24) is 0 Å². The molecule has 0 aromatic heterocycles. The number of ketones is 1. The summed E-state index contributed by atoms with van der Waals surface area (Å²) in [5, 5.41) is 17.2. The first kappa shape index (κ1) is 13.6. The molecule has 0 unspecified atom stereocenters. The molecule has 0 aromatic carbocycles. The van der Waals surface area contributed by atoms with E-state index in [1.54, 1.807) is 13.8 Å². The molecule has 5 nitrogen and oxygen atoms in total. The van der Waals surface area contributed by atoms with E-state index in [1.807, 2.05) is 0 Å². The second-order valence-corrected chi connectivity index (χ2v) is 3.79. The van der Waals surface area contributed by atoms with Crippen LogP contribution in [-0.2, 0) is 14.4 Å². The fraction of sp³-hybridized carbons (Fsp3) is 0.700. The Morgan fingerprint density at radius 2 is 1.67 bits per heavy atom. The van der Waals surface area contributed by atoms with Gasteiger partial charge in [-0.25, -0.2) is 0 Å². The van der Waals surface area contributed by atoms with Gasteiger partial charge in [0.2, 0.25) is 0 Å². The maximum Gasteiger partial charge on any atom is 0.307 e. The molecule has 0 aliphatic rings. The van der Waals surface area contributed by atoms with Gasteiger partial charge in [0, 0.05) is 12.3 Å². The number of hydrogen-bond donors (Lipinski definition) is 2. The largest absolute Gasteiger partial charge is 0.481 e. The first-order valence-corrected chi connectivity index (χ1v) is 4.82. The zero-order chi connectivity index (χ0) is 12.0. The van der Waals surface area contributed by atoms with Crippen LogP contribution in [0.2, 0.25) is 0 Å². The molecular weight excluding hydrogens is 200 g/mol. The molecule has 0 amide bonds. The van der Waals surface area contributed by atoms with Gasteiger partial charge in [0.25, 0.3) is 0 Å². The summed E-state index contributed by atoms with van der Waals surface area (Å²) in [7, 11) is 0. The molecule has 0 aliphatic heterocycles. The molecule has 15 heavy (non-hydrogen) atoms. The minimum absolute atomic E-state index is 0.0355. The van der Waals surface area contributed by atoms with Crippen LogP contribution >= 0.6 is 0 Å². The van der Waals surface area contributed by atoms with Crippen LogP contribution in [0, 0.1) is 11.8 Å². The molecule has 0 aliphatic carbocycles. The summed E-state index contributed by atoms with van der Waals surface area (Å²) in [6.45, 7) is 3.46. The first-order valence-electron chi connectivity index (χ1n) is 4.82. The van der Waals surface area contributed by atoms with E-state index < -0.39 is 24.3 Å². The highest BCUT2D eigenvalue weighted by molar-refractivity contribution is 5.82. The van der Waals surface area contributed by atoms with Gasteiger partial charge in [-0.3, -0.25) is 14.4 Å². The predicted molar refractivity (Wildman–Crippen MR) is 52.5 cm³/mol. The summed E-state index contributed by atoms with van der Waals surface area (Å²) in [5.74, 6) is -3.45. The lowest BCUT2D eigenvalue weighted by Gasteiger charge is -2.09. The molecule has 0 bridgehead atoms. The van der Waals surface area contributed by atoms with Gasteiger partial charge >= 0.3 is 11.9 Å². The summed E-state index contributed by atoms with van der Waals surface area (Å²) in [6, 6.07) is 0. The van der Waals surface area contributed by atoms with Crippen LogP contribution in [0.4, 0.5) is 0 Å². The Labute approximate surface area is 88.1 Å². The maximum absolute atomic E-state index is 11.2. The van der Waals surface area contributed by atoms with Crippen molar-refractivity contribution in [2.24, 2.45) is 11.8 Å². The molecule has 0 spiro atoms. The normalized spacial score (nSPS) is 12.5. The Hall–Kier alpha value is -1.39. The third-order valence-corrected chi connectivity index (χ3v) is 2.15. The number of aliphatic carboxylic acids is 2. The molecule has 2 N–H and O–H groups in total. The molecule has 0 heterocycles. The van der Waals surface area contributed by atoms with E-state index in [1.165, 1.54) is 0 Å². The van der Waals surface area contributed by atoms with Crippen molar-refractivity contribution in [3.63, 3.8) is 0 Å². The summed E-state index contributed by atoms with van der Waals surface area (Å²) in [5.41, 5.74) is 0. The van der Waals surface area contributed by atoms with Gasteiger partial charge in [-0.1, -0.05) is 13.8 Å². The number of carboxylic acid groups (broad SMARTS) is 2. The number of carbonyl (C=O) groups is 3. The van der Waals surface area contributed by atoms with E-state index in [9.17, 15) is 14.4 Å². The zero-order valence-corrected chi connectivity index (χ0v) is 8.90. The molecule has 0 fully saturated rings. The maximum atomic E-state index is 11.2. The van der Waals surface area contributed by atoms with Crippen LogP contribution in [0.15, 0.2) is 0 Å². The molecule has 0 radical (unpaired) electrons. The molecule has 0 rings (SSSR count). The quantitative estimate of drug-likeness (QED) is 0.666. The number of rotatable bonds is 7. The SMILES string of the molecule is CC(C)C(=O)CC[C@H](CC(=O)O)C(=O)O. The van der Waals surface area contributed by atoms with E-state index in [0.29, 0.717) is 0 Å². The average Bonchev–Trinajstić information content (AvgIpc) is 2.10. The highest BCUT2D eigenvalue weighted by atomic mass is 16.4. The van der Waals surface area contributed by atoms with E-state index >= 15 is 0 Å². The summed E-state index contributed by atoms with van der Waals surface area (Å²) >= 11 is 0. The third-order valence-electron chi connectivity index (χ3n) is 2.15. The van der Waals surface area contributed by atoms with Crippen molar-refractivity contribution in [2.45, 2.75) is 33.1 Å². The fourth-order valence-corrected chi connectivity index (χ4v) is 1.13. The zero-order valence-electron chi connectivity index (χ0n) is 8.90. The third kappa shape index (κ3) is 5.83. The van der Waals surface area contributed by atoms with Crippen molar-refractivity contribution in [2.75, 3.05) is 0 Å². The smallest absolute Gasteiger partial charge is 0.307 e. The van der Waals surface area contributed by atoms with Gasteiger partial charge in [-0.05, 0) is 6.42 Å². The standard InChI is InChI=1S/C10H16O5/c1-6(2)8(11)4-3-7(10(14)15)5-9(12)13/h6-7H,3-5H2,1-2H3,(H,12,13)(H,14,15)/t7-/m1/s1. The van der Waals surface area contributed by atoms with Gasteiger partial charge in [0.15, 0.2) is 0 Å². The van der Waals surface area contributed by atoms with E-state index in [2.05, 4.69) is 0 Å². The molecule has 0 saturated carbocycles. The summed E-state index contributed by atoms with van der Waals surface area (Å²) < 4.78 is 0. The molecule has 0 aromatic rings. The molecule has 1 atom stereocenters. The Morgan fingerprint density at radius 1 is 1.13 bits per heavy atom. The second-order valence-electron chi connectivity index (χ2n) is 3.79. The van der Waals surface area contributed by atoms with Crippen LogP contribution in [0.5, 0.6) is 0 Å². The first-order chi connectivity index (χ1) is 6.84. The van der Waals surface area contributed by atoms with E-state index in [-0.39, 0.29) is 24.5 Å². The number of Topliss-reactive ketones (excluding diaryl/α,β-unsaturated/α-hetero) is 1. The predicted octanol–water partition coefficient (Wildman–Crippen LogP) is 1.17. The minimum Gasteiger partial charge on any atom is -0.481 e. The van der Waals surface area contributed by atoms with Crippen LogP contribution in [0.25, 0.3) is 0 Å². The van der Waals surface area contributed by atoms with Gasteiger partial charge in [-0.15, -0.1) is 0 Å². The van der Waals surface area contributed by atoms with Gasteiger partial charge in [0.05, 0.1) is 12.3 Å². The monoisotopic (exact) mass is 216 g/mol. The van der Waals surface area contributed by atoms with Crippen LogP contribution < -0.4 is 0 Å². The highest BCUT2D eigenvalue weighted by Crippen LogP contribution is 2.14. The van der Waals surface area contributed by atoms with Crippen LogP contribution in [-0.4, -0.2) is 27.9 Å². The molecule has 5 heteroatoms. The molecule has 86 valence electrons. The van der Waals surface area contributed by atoms with Crippen molar-refractivity contribution in [3.05, 3.63) is 0 Å². The van der Waals surface area contributed by atoms with Crippen LogP contribution in [0.3, 0.4) is 0 Å². The van der Waals surface area contributed by atoms with E-state index in [0.717, 1.165) is 0 Å². The summed E-state index contributed by atoms with van der Waals surface area (Å²) in [6.07, 6.45) is -0.207. The number of carboxylic acids is 2. The van der Waals surface area contributed by atoms with Crippen molar-refractivity contribution >= 4 is 17.7 Å². The number of carbonyl (C=O) groups excluding carboxylic acids is 1. The summed E-state index contributed by atoms with van der Waals surface area (Å²) in [4.78, 5) is 32.2. The molecular formula is C10H16O5. The molecule has 0 saturated heterocycles. The fourth-order valence-electron chi connectivity index (χ4n) is 1.13. The lowest BCUT2D eigenvalue weighted by molar-refractivity contribution is -0.148. The number of hydrogen-bond acceptors (Lipinski definition) is 3. The van der Waals surface area contributed by atoms with Gasteiger partial charge in [0.1, 0.15) is 5.78 Å². The average molecular weight is 216 g/mol. The van der Waals surface area contributed by atoms with Crippen molar-refractivity contribution < 1.29 is 24.6 Å². The van der Waals surface area contributed by atoms with Crippen molar-refractivity contribution in [3.8, 4) is 0 Å². The Bertz CT molecular complexity index is 257. The Balaban J connectivity index is 4.13. The topological polar surface area (TPSA) is 91.7 Å². The minimum atomic E-state index is -1.16. The lowest BCUT2D eigenvalue weighted by atomic mass is 9.95. The highest BCUT2D eigenvalue weighted by Gasteiger charge is 2.22.